The van der Waals surface area contributed by atoms with E-state index in [0.29, 0.717) is 0 Å². The Kier molecular flexibility index (Phi) is 2.80. The van der Waals surface area contributed by atoms with Crippen LogP contribution in [-0.4, -0.2) is 12.7 Å². The smallest absolute Gasteiger partial charge is 0.166 e. The van der Waals surface area contributed by atoms with Crippen LogP contribution in [0.15, 0.2) is 54.6 Å². The highest BCUT2D eigenvalue weighted by Crippen LogP contribution is 2.30. The second kappa shape index (κ2) is 4.60. The van der Waals surface area contributed by atoms with Crippen LogP contribution in [0.3, 0.4) is 0 Å². The molecule has 85 valence electrons. The number of benzene rings is 2. The van der Waals surface area contributed by atoms with Gasteiger partial charge in [0, 0.05) is 5.56 Å². The van der Waals surface area contributed by atoms with E-state index >= 15 is 0 Å². The molecule has 17 heavy (non-hydrogen) atoms. The maximum Gasteiger partial charge on any atom is 0.166 e. The van der Waals surface area contributed by atoms with Gasteiger partial charge in [0.1, 0.15) is 11.9 Å². The summed E-state index contributed by atoms with van der Waals surface area (Å²) in [5.41, 5.74) is 2.26. The molecule has 1 aliphatic heterocycles. The third-order valence-electron chi connectivity index (χ3n) is 2.68. The van der Waals surface area contributed by atoms with E-state index in [9.17, 15) is 0 Å². The number of rotatable bonds is 4. The molecule has 1 atom stereocenters. The van der Waals surface area contributed by atoms with Crippen molar-refractivity contribution in [3.8, 4) is 16.9 Å². The van der Waals surface area contributed by atoms with E-state index < -0.39 is 0 Å². The van der Waals surface area contributed by atoms with Gasteiger partial charge in [0.15, 0.2) is 6.61 Å². The number of epoxide rings is 1. The summed E-state index contributed by atoms with van der Waals surface area (Å²) in [6.07, 6.45) is 0.166. The van der Waals surface area contributed by atoms with Gasteiger partial charge >= 0.3 is 0 Å². The molecule has 1 fully saturated rings. The van der Waals surface area contributed by atoms with Gasteiger partial charge in [0.05, 0.1) is 6.61 Å². The molecular formula is C15H13O2. The van der Waals surface area contributed by atoms with E-state index in [-0.39, 0.29) is 6.10 Å². The first kappa shape index (κ1) is 10.4. The van der Waals surface area contributed by atoms with Crippen LogP contribution in [0.2, 0.25) is 0 Å². The van der Waals surface area contributed by atoms with Crippen molar-refractivity contribution in [2.24, 2.45) is 0 Å². The van der Waals surface area contributed by atoms with Crippen molar-refractivity contribution >= 4 is 0 Å². The molecule has 0 bridgehead atoms. The molecule has 0 spiro atoms. The van der Waals surface area contributed by atoms with Gasteiger partial charge < -0.3 is 9.47 Å². The first-order chi connectivity index (χ1) is 8.43. The van der Waals surface area contributed by atoms with E-state index in [2.05, 4.69) is 18.2 Å². The molecule has 0 amide bonds. The SMILES string of the molecule is [CH](Oc1ccccc1-c1ccccc1)C1CO1. The van der Waals surface area contributed by atoms with Gasteiger partial charge in [-0.05, 0) is 11.6 Å². The minimum atomic E-state index is 0.166. The molecule has 2 heteroatoms. The zero-order valence-electron chi connectivity index (χ0n) is 9.37. The quantitative estimate of drug-likeness (QED) is 0.745. The maximum absolute atomic E-state index is 5.67. The number of hydrogen-bond donors (Lipinski definition) is 0. The van der Waals surface area contributed by atoms with Crippen molar-refractivity contribution < 1.29 is 9.47 Å². The highest BCUT2D eigenvalue weighted by molar-refractivity contribution is 5.70. The van der Waals surface area contributed by atoms with Crippen LogP contribution in [0.1, 0.15) is 0 Å². The molecule has 1 unspecified atom stereocenters. The molecular weight excluding hydrogens is 212 g/mol. The standard InChI is InChI=1S/C15H13O2/c1-2-6-12(7-3-1)14-8-4-5-9-15(14)17-11-13-10-16-13/h1-9,11,13H,10H2. The second-order valence-corrected chi connectivity index (χ2v) is 3.99. The van der Waals surface area contributed by atoms with Crippen molar-refractivity contribution in [3.63, 3.8) is 0 Å². The predicted molar refractivity (Wildman–Crippen MR) is 66.5 cm³/mol. The summed E-state index contributed by atoms with van der Waals surface area (Å²) in [6, 6.07) is 18.3. The summed E-state index contributed by atoms with van der Waals surface area (Å²) in [4.78, 5) is 0. The van der Waals surface area contributed by atoms with Crippen LogP contribution in [0.5, 0.6) is 5.75 Å². The van der Waals surface area contributed by atoms with E-state index in [1.165, 1.54) is 0 Å². The van der Waals surface area contributed by atoms with E-state index in [1.807, 2.05) is 36.4 Å². The normalized spacial score (nSPS) is 17.8. The Bertz CT molecular complexity index is 489. The average molecular weight is 225 g/mol. The highest BCUT2D eigenvalue weighted by Gasteiger charge is 2.24. The van der Waals surface area contributed by atoms with Gasteiger partial charge in [-0.1, -0.05) is 48.5 Å². The lowest BCUT2D eigenvalue weighted by molar-refractivity contribution is 0.329. The Morgan fingerprint density at radius 2 is 1.71 bits per heavy atom. The molecule has 2 nitrogen and oxygen atoms in total. The lowest BCUT2D eigenvalue weighted by Crippen LogP contribution is -1.97. The molecule has 2 aromatic carbocycles. The van der Waals surface area contributed by atoms with E-state index in [4.69, 9.17) is 9.47 Å². The average Bonchev–Trinajstić information content (AvgIpc) is 3.22. The molecule has 0 saturated carbocycles. The predicted octanol–water partition coefficient (Wildman–Crippen LogP) is 3.29. The van der Waals surface area contributed by atoms with Gasteiger partial charge in [-0.25, -0.2) is 0 Å². The second-order valence-electron chi connectivity index (χ2n) is 3.99. The monoisotopic (exact) mass is 225 g/mol. The molecule has 0 aromatic heterocycles. The van der Waals surface area contributed by atoms with Gasteiger partial charge in [0.2, 0.25) is 0 Å². The third kappa shape index (κ3) is 2.48. The summed E-state index contributed by atoms with van der Waals surface area (Å²) in [7, 11) is 0. The Labute approximate surface area is 101 Å². The molecule has 3 rings (SSSR count). The number of ether oxygens (including phenoxy) is 2. The van der Waals surface area contributed by atoms with Crippen LogP contribution in [0.4, 0.5) is 0 Å². The molecule has 2 aromatic rings. The number of para-hydroxylation sites is 1. The largest absolute Gasteiger partial charge is 0.483 e. The number of hydrogen-bond acceptors (Lipinski definition) is 2. The van der Waals surface area contributed by atoms with Gasteiger partial charge in [-0.3, -0.25) is 0 Å². The van der Waals surface area contributed by atoms with Crippen LogP contribution in [0, 0.1) is 6.61 Å². The first-order valence-corrected chi connectivity index (χ1v) is 5.69. The van der Waals surface area contributed by atoms with Crippen LogP contribution >= 0.6 is 0 Å². The van der Waals surface area contributed by atoms with Gasteiger partial charge in [-0.15, -0.1) is 0 Å². The van der Waals surface area contributed by atoms with Crippen molar-refractivity contribution in [1.29, 1.82) is 0 Å². The lowest BCUT2D eigenvalue weighted by atomic mass is 10.1. The fraction of sp³-hybridized carbons (Fsp3) is 0.133. The summed E-state index contributed by atoms with van der Waals surface area (Å²) in [5.74, 6) is 0.870. The fourth-order valence-corrected chi connectivity index (χ4v) is 1.71. The molecule has 1 aliphatic rings. The summed E-state index contributed by atoms with van der Waals surface area (Å²) >= 11 is 0. The van der Waals surface area contributed by atoms with Crippen molar-refractivity contribution in [2.75, 3.05) is 6.61 Å². The van der Waals surface area contributed by atoms with Gasteiger partial charge in [-0.2, -0.15) is 0 Å². The Balaban J connectivity index is 1.87. The van der Waals surface area contributed by atoms with Crippen LogP contribution in [0.25, 0.3) is 11.1 Å². The van der Waals surface area contributed by atoms with Gasteiger partial charge in [0.25, 0.3) is 0 Å². The minimum Gasteiger partial charge on any atom is -0.483 e. The Morgan fingerprint density at radius 1 is 1.00 bits per heavy atom. The molecule has 0 aliphatic carbocycles. The molecule has 1 saturated heterocycles. The maximum atomic E-state index is 5.67. The van der Waals surface area contributed by atoms with Crippen molar-refractivity contribution in [3.05, 3.63) is 61.2 Å². The Hall–Kier alpha value is -1.80. The summed E-state index contributed by atoms with van der Waals surface area (Å²) < 4.78 is 10.8. The van der Waals surface area contributed by atoms with Crippen molar-refractivity contribution in [2.45, 2.75) is 6.10 Å². The minimum absolute atomic E-state index is 0.166. The summed E-state index contributed by atoms with van der Waals surface area (Å²) in [5, 5.41) is 0. The third-order valence-corrected chi connectivity index (χ3v) is 2.68. The first-order valence-electron chi connectivity index (χ1n) is 5.69. The Morgan fingerprint density at radius 3 is 2.47 bits per heavy atom. The molecule has 0 N–H and O–H groups in total. The topological polar surface area (TPSA) is 21.8 Å². The van der Waals surface area contributed by atoms with Crippen LogP contribution < -0.4 is 4.74 Å². The lowest BCUT2D eigenvalue weighted by Gasteiger charge is -2.09. The van der Waals surface area contributed by atoms with Crippen LogP contribution in [-0.2, 0) is 4.74 Å². The van der Waals surface area contributed by atoms with Crippen molar-refractivity contribution in [1.82, 2.24) is 0 Å². The zero-order valence-corrected chi connectivity index (χ0v) is 9.37. The van der Waals surface area contributed by atoms with E-state index in [1.54, 1.807) is 6.61 Å². The molecule has 1 heterocycles. The van der Waals surface area contributed by atoms with E-state index in [0.717, 1.165) is 23.5 Å². The fourth-order valence-electron chi connectivity index (χ4n) is 1.71. The highest BCUT2D eigenvalue weighted by atomic mass is 16.6. The summed E-state index contributed by atoms with van der Waals surface area (Å²) in [6.45, 7) is 2.52. The zero-order chi connectivity index (χ0) is 11.5. The molecule has 1 radical (unpaired) electrons.